The normalized spacial score (nSPS) is 10.8. The molecule has 3 aromatic rings. The maximum atomic E-state index is 13.6. The number of nitrogens with zero attached hydrogens (tertiary/aromatic N) is 2. The number of aromatic nitrogens is 3. The van der Waals surface area contributed by atoms with Crippen molar-refractivity contribution in [2.75, 3.05) is 5.32 Å². The van der Waals surface area contributed by atoms with Gasteiger partial charge >= 0.3 is 0 Å². The zero-order chi connectivity index (χ0) is 17.5. The van der Waals surface area contributed by atoms with Crippen molar-refractivity contribution < 1.29 is 4.39 Å². The molecule has 4 nitrogen and oxygen atoms in total. The second-order valence-electron chi connectivity index (χ2n) is 5.77. The Balaban J connectivity index is 1.55. The minimum atomic E-state index is -0.198. The molecular formula is C19H21FN4S. The van der Waals surface area contributed by atoms with Crippen LogP contribution in [0.1, 0.15) is 30.9 Å². The van der Waals surface area contributed by atoms with E-state index in [2.05, 4.69) is 39.6 Å². The molecule has 1 aromatic heterocycles. The van der Waals surface area contributed by atoms with E-state index in [0.717, 1.165) is 12.1 Å². The predicted molar refractivity (Wildman–Crippen MR) is 101 cm³/mol. The number of unbranched alkanes of at least 4 members (excludes halogenated alkanes) is 1. The highest BCUT2D eigenvalue weighted by molar-refractivity contribution is 7.98. The van der Waals surface area contributed by atoms with Gasteiger partial charge < -0.3 is 5.32 Å². The Bertz CT molecular complexity index is 801. The molecular weight excluding hydrogens is 335 g/mol. The Labute approximate surface area is 151 Å². The summed E-state index contributed by atoms with van der Waals surface area (Å²) in [4.78, 5) is 4.39. The first-order chi connectivity index (χ1) is 12.2. The molecule has 0 radical (unpaired) electrons. The number of halogens is 1. The molecule has 3 rings (SSSR count). The van der Waals surface area contributed by atoms with Crippen LogP contribution in [0, 0.1) is 5.82 Å². The van der Waals surface area contributed by atoms with Gasteiger partial charge in [-0.2, -0.15) is 4.98 Å². The van der Waals surface area contributed by atoms with Gasteiger partial charge in [0.25, 0.3) is 0 Å². The summed E-state index contributed by atoms with van der Waals surface area (Å²) < 4.78 is 13.6. The summed E-state index contributed by atoms with van der Waals surface area (Å²) in [5, 5.41) is 10.9. The van der Waals surface area contributed by atoms with E-state index in [9.17, 15) is 4.39 Å². The van der Waals surface area contributed by atoms with Gasteiger partial charge in [0, 0.05) is 11.4 Å². The first kappa shape index (κ1) is 17.5. The molecule has 6 heteroatoms. The summed E-state index contributed by atoms with van der Waals surface area (Å²) in [6.45, 7) is 2.20. The van der Waals surface area contributed by atoms with Crippen molar-refractivity contribution in [2.45, 2.75) is 37.1 Å². The molecule has 0 bridgehead atoms. The third-order valence-electron chi connectivity index (χ3n) is 3.82. The number of hydrogen-bond acceptors (Lipinski definition) is 4. The lowest BCUT2D eigenvalue weighted by molar-refractivity contribution is 0.617. The predicted octanol–water partition coefficient (Wildman–Crippen LogP) is 5.32. The lowest BCUT2D eigenvalue weighted by Crippen LogP contribution is -1.93. The van der Waals surface area contributed by atoms with E-state index in [4.69, 9.17) is 0 Å². The number of thioether (sulfide) groups is 1. The SMILES string of the molecule is CCCCc1ccc(Nc2n[nH]c(SCc3ccccc3F)n2)cc1. The highest BCUT2D eigenvalue weighted by Gasteiger charge is 2.07. The third-order valence-corrected chi connectivity index (χ3v) is 4.73. The van der Waals surface area contributed by atoms with Crippen molar-refractivity contribution in [2.24, 2.45) is 0 Å². The van der Waals surface area contributed by atoms with Crippen LogP contribution in [0.3, 0.4) is 0 Å². The quantitative estimate of drug-likeness (QED) is 0.536. The lowest BCUT2D eigenvalue weighted by atomic mass is 10.1. The van der Waals surface area contributed by atoms with Crippen molar-refractivity contribution in [1.29, 1.82) is 0 Å². The summed E-state index contributed by atoms with van der Waals surface area (Å²) in [7, 11) is 0. The number of rotatable bonds is 8. The van der Waals surface area contributed by atoms with Gasteiger partial charge in [-0.25, -0.2) is 4.39 Å². The third kappa shape index (κ3) is 5.06. The first-order valence-electron chi connectivity index (χ1n) is 8.39. The molecule has 0 aliphatic carbocycles. The van der Waals surface area contributed by atoms with Gasteiger partial charge in [0.1, 0.15) is 5.82 Å². The minimum Gasteiger partial charge on any atom is -0.323 e. The van der Waals surface area contributed by atoms with Gasteiger partial charge in [0.15, 0.2) is 5.16 Å². The van der Waals surface area contributed by atoms with Crippen molar-refractivity contribution >= 4 is 23.4 Å². The van der Waals surface area contributed by atoms with Crippen LogP contribution in [-0.4, -0.2) is 15.2 Å². The second-order valence-corrected chi connectivity index (χ2v) is 6.73. The zero-order valence-electron chi connectivity index (χ0n) is 14.1. The second kappa shape index (κ2) is 8.67. The van der Waals surface area contributed by atoms with Crippen LogP contribution < -0.4 is 5.32 Å². The Morgan fingerprint density at radius 3 is 2.68 bits per heavy atom. The Morgan fingerprint density at radius 1 is 1.12 bits per heavy atom. The molecule has 0 saturated heterocycles. The number of H-pyrrole nitrogens is 1. The van der Waals surface area contributed by atoms with Crippen LogP contribution in [0.4, 0.5) is 16.0 Å². The summed E-state index contributed by atoms with van der Waals surface area (Å²) in [5.41, 5.74) is 2.94. The largest absolute Gasteiger partial charge is 0.323 e. The Kier molecular flexibility index (Phi) is 6.06. The van der Waals surface area contributed by atoms with Crippen LogP contribution in [-0.2, 0) is 12.2 Å². The first-order valence-corrected chi connectivity index (χ1v) is 9.37. The van der Waals surface area contributed by atoms with E-state index < -0.39 is 0 Å². The van der Waals surface area contributed by atoms with E-state index in [1.165, 1.54) is 36.2 Å². The number of nitrogens with one attached hydrogen (secondary N) is 2. The number of aromatic amines is 1. The van der Waals surface area contributed by atoms with Crippen molar-refractivity contribution in [1.82, 2.24) is 15.2 Å². The number of hydrogen-bond donors (Lipinski definition) is 2. The molecule has 0 aliphatic rings. The van der Waals surface area contributed by atoms with E-state index in [1.807, 2.05) is 18.2 Å². The molecule has 1 heterocycles. The minimum absolute atomic E-state index is 0.198. The number of benzene rings is 2. The van der Waals surface area contributed by atoms with Gasteiger partial charge in [-0.1, -0.05) is 55.4 Å². The summed E-state index contributed by atoms with van der Waals surface area (Å²) in [5.74, 6) is 0.821. The molecule has 0 amide bonds. The molecule has 0 unspecified atom stereocenters. The van der Waals surface area contributed by atoms with Crippen LogP contribution in [0.15, 0.2) is 53.7 Å². The molecule has 0 aliphatic heterocycles. The molecule has 0 fully saturated rings. The molecule has 0 atom stereocenters. The highest BCUT2D eigenvalue weighted by atomic mass is 32.2. The Hall–Kier alpha value is -2.34. The average Bonchev–Trinajstić information content (AvgIpc) is 3.08. The summed E-state index contributed by atoms with van der Waals surface area (Å²) in [6.07, 6.45) is 3.51. The van der Waals surface area contributed by atoms with E-state index >= 15 is 0 Å². The molecule has 2 N–H and O–H groups in total. The molecule has 130 valence electrons. The fourth-order valence-electron chi connectivity index (χ4n) is 2.39. The molecule has 25 heavy (non-hydrogen) atoms. The van der Waals surface area contributed by atoms with Crippen LogP contribution in [0.2, 0.25) is 0 Å². The fourth-order valence-corrected chi connectivity index (χ4v) is 3.18. The van der Waals surface area contributed by atoms with Gasteiger partial charge in [-0.05, 0) is 42.2 Å². The van der Waals surface area contributed by atoms with Crippen LogP contribution in [0.5, 0.6) is 0 Å². The smallest absolute Gasteiger partial charge is 0.247 e. The van der Waals surface area contributed by atoms with Gasteiger partial charge in [0.05, 0.1) is 0 Å². The summed E-state index contributed by atoms with van der Waals surface area (Å²) in [6, 6.07) is 15.1. The molecule has 2 aromatic carbocycles. The molecule has 0 saturated carbocycles. The van der Waals surface area contributed by atoms with E-state index in [-0.39, 0.29) is 5.82 Å². The fraction of sp³-hybridized carbons (Fsp3) is 0.263. The maximum Gasteiger partial charge on any atom is 0.247 e. The highest BCUT2D eigenvalue weighted by Crippen LogP contribution is 2.22. The maximum absolute atomic E-state index is 13.6. The van der Waals surface area contributed by atoms with Crippen LogP contribution >= 0.6 is 11.8 Å². The van der Waals surface area contributed by atoms with E-state index in [0.29, 0.717) is 22.4 Å². The lowest BCUT2D eigenvalue weighted by Gasteiger charge is -2.04. The van der Waals surface area contributed by atoms with Gasteiger partial charge in [-0.15, -0.1) is 5.10 Å². The molecule has 0 spiro atoms. The topological polar surface area (TPSA) is 53.6 Å². The van der Waals surface area contributed by atoms with Crippen LogP contribution in [0.25, 0.3) is 0 Å². The Morgan fingerprint density at radius 2 is 1.92 bits per heavy atom. The monoisotopic (exact) mass is 356 g/mol. The standard InChI is InChI=1S/C19H21FN4S/c1-2-3-6-14-9-11-16(12-10-14)21-18-22-19(24-23-18)25-13-15-7-4-5-8-17(15)20/h4-5,7-12H,2-3,6,13H2,1H3,(H2,21,22,23,24). The summed E-state index contributed by atoms with van der Waals surface area (Å²) >= 11 is 1.42. The average molecular weight is 356 g/mol. The van der Waals surface area contributed by atoms with Crippen molar-refractivity contribution in [3.05, 3.63) is 65.5 Å². The van der Waals surface area contributed by atoms with Gasteiger partial charge in [-0.3, -0.25) is 5.10 Å². The number of aryl methyl sites for hydroxylation is 1. The van der Waals surface area contributed by atoms with Crippen molar-refractivity contribution in [3.63, 3.8) is 0 Å². The van der Waals surface area contributed by atoms with Gasteiger partial charge in [0.2, 0.25) is 5.95 Å². The van der Waals surface area contributed by atoms with E-state index in [1.54, 1.807) is 12.1 Å². The zero-order valence-corrected chi connectivity index (χ0v) is 14.9. The van der Waals surface area contributed by atoms with Crippen molar-refractivity contribution in [3.8, 4) is 0 Å². The number of anilines is 2.